The standard InChI is InChI=1S/C15H22N2O2/c1-19-14-9-5-4-8-13(14)12-16-15(18)17-10-6-2-3-7-11-17/h4-5,8-9H,2-3,6-7,10-12H2,1H3,(H,16,18). The van der Waals surface area contributed by atoms with E-state index >= 15 is 0 Å². The molecule has 1 aromatic carbocycles. The van der Waals surface area contributed by atoms with Crippen molar-refractivity contribution in [2.24, 2.45) is 0 Å². The third kappa shape index (κ3) is 3.88. The summed E-state index contributed by atoms with van der Waals surface area (Å²) in [5, 5.41) is 2.98. The van der Waals surface area contributed by atoms with Gasteiger partial charge in [0.15, 0.2) is 0 Å². The topological polar surface area (TPSA) is 41.6 Å². The van der Waals surface area contributed by atoms with Gasteiger partial charge >= 0.3 is 6.03 Å². The van der Waals surface area contributed by atoms with Gasteiger partial charge in [-0.15, -0.1) is 0 Å². The van der Waals surface area contributed by atoms with Crippen LogP contribution in [0.3, 0.4) is 0 Å². The van der Waals surface area contributed by atoms with E-state index in [1.54, 1.807) is 7.11 Å². The van der Waals surface area contributed by atoms with Gasteiger partial charge in [-0.2, -0.15) is 0 Å². The van der Waals surface area contributed by atoms with E-state index in [0.29, 0.717) is 6.54 Å². The number of para-hydroxylation sites is 1. The molecule has 1 aromatic rings. The summed E-state index contributed by atoms with van der Waals surface area (Å²) in [5.74, 6) is 0.818. The summed E-state index contributed by atoms with van der Waals surface area (Å²) in [5.41, 5.74) is 1.01. The van der Waals surface area contributed by atoms with E-state index in [1.807, 2.05) is 29.2 Å². The lowest BCUT2D eigenvalue weighted by Crippen LogP contribution is -2.40. The fourth-order valence-electron chi connectivity index (χ4n) is 2.41. The number of ether oxygens (including phenoxy) is 1. The molecule has 1 aliphatic heterocycles. The predicted octanol–water partition coefficient (Wildman–Crippen LogP) is 2.78. The number of amides is 2. The normalized spacial score (nSPS) is 15.7. The van der Waals surface area contributed by atoms with Gasteiger partial charge in [-0.25, -0.2) is 4.79 Å². The number of likely N-dealkylation sites (tertiary alicyclic amines) is 1. The summed E-state index contributed by atoms with van der Waals surface area (Å²) < 4.78 is 5.28. The van der Waals surface area contributed by atoms with Crippen LogP contribution in [0, 0.1) is 0 Å². The summed E-state index contributed by atoms with van der Waals surface area (Å²) in [4.78, 5) is 14.0. The Balaban J connectivity index is 1.88. The van der Waals surface area contributed by atoms with Gasteiger partial charge in [-0.05, 0) is 18.9 Å². The third-order valence-corrected chi connectivity index (χ3v) is 3.52. The van der Waals surface area contributed by atoms with Gasteiger partial charge in [-0.1, -0.05) is 31.0 Å². The van der Waals surface area contributed by atoms with E-state index in [1.165, 1.54) is 12.8 Å². The van der Waals surface area contributed by atoms with Gasteiger partial charge in [0, 0.05) is 25.2 Å². The molecule has 0 unspecified atom stereocenters. The van der Waals surface area contributed by atoms with E-state index in [4.69, 9.17) is 4.74 Å². The van der Waals surface area contributed by atoms with Gasteiger partial charge in [0.1, 0.15) is 5.75 Å². The van der Waals surface area contributed by atoms with Crippen LogP contribution in [0.15, 0.2) is 24.3 Å². The van der Waals surface area contributed by atoms with Crippen molar-refractivity contribution in [2.75, 3.05) is 20.2 Å². The van der Waals surface area contributed by atoms with E-state index < -0.39 is 0 Å². The maximum Gasteiger partial charge on any atom is 0.317 e. The highest BCUT2D eigenvalue weighted by atomic mass is 16.5. The molecule has 1 aliphatic rings. The molecule has 19 heavy (non-hydrogen) atoms. The van der Waals surface area contributed by atoms with E-state index in [2.05, 4.69) is 5.32 Å². The average Bonchev–Trinajstić information content (AvgIpc) is 2.74. The number of nitrogens with zero attached hydrogens (tertiary/aromatic N) is 1. The van der Waals surface area contributed by atoms with E-state index in [9.17, 15) is 4.79 Å². The molecular formula is C15H22N2O2. The molecule has 0 aliphatic carbocycles. The van der Waals surface area contributed by atoms with Crippen LogP contribution in [0.4, 0.5) is 4.79 Å². The molecule has 0 radical (unpaired) electrons. The number of methoxy groups -OCH3 is 1. The van der Waals surface area contributed by atoms with Crippen molar-refractivity contribution < 1.29 is 9.53 Å². The Morgan fingerprint density at radius 3 is 2.58 bits per heavy atom. The SMILES string of the molecule is COc1ccccc1CNC(=O)N1CCCCCC1. The van der Waals surface area contributed by atoms with Crippen LogP contribution in [-0.4, -0.2) is 31.1 Å². The summed E-state index contributed by atoms with van der Waals surface area (Å²) >= 11 is 0. The Bertz CT molecular complexity index is 412. The van der Waals surface area contributed by atoms with Crippen LogP contribution < -0.4 is 10.1 Å². The summed E-state index contributed by atoms with van der Waals surface area (Å²) in [6, 6.07) is 7.80. The number of carbonyl (C=O) groups excluding carboxylic acids is 1. The molecule has 104 valence electrons. The first-order chi connectivity index (χ1) is 9.31. The molecule has 1 heterocycles. The molecule has 1 fully saturated rings. The van der Waals surface area contributed by atoms with Crippen molar-refractivity contribution in [3.8, 4) is 5.75 Å². The van der Waals surface area contributed by atoms with Gasteiger partial charge in [-0.3, -0.25) is 0 Å². The number of nitrogens with one attached hydrogen (secondary N) is 1. The van der Waals surface area contributed by atoms with Crippen LogP contribution in [0.1, 0.15) is 31.2 Å². The molecule has 2 rings (SSSR count). The van der Waals surface area contributed by atoms with Crippen molar-refractivity contribution in [2.45, 2.75) is 32.2 Å². The first-order valence-corrected chi connectivity index (χ1v) is 6.96. The van der Waals surface area contributed by atoms with Crippen LogP contribution in [-0.2, 0) is 6.54 Å². The zero-order valence-corrected chi connectivity index (χ0v) is 11.5. The number of rotatable bonds is 3. The predicted molar refractivity (Wildman–Crippen MR) is 75.3 cm³/mol. The summed E-state index contributed by atoms with van der Waals surface area (Å²) in [6.07, 6.45) is 4.69. The van der Waals surface area contributed by atoms with Crippen LogP contribution in [0.2, 0.25) is 0 Å². The average molecular weight is 262 g/mol. The second-order valence-corrected chi connectivity index (χ2v) is 4.87. The number of hydrogen-bond donors (Lipinski definition) is 1. The molecule has 2 amide bonds. The Labute approximate surface area is 114 Å². The highest BCUT2D eigenvalue weighted by Crippen LogP contribution is 2.17. The minimum atomic E-state index is 0.0350. The second kappa shape index (κ2) is 7.02. The monoisotopic (exact) mass is 262 g/mol. The minimum absolute atomic E-state index is 0.0350. The fourth-order valence-corrected chi connectivity index (χ4v) is 2.41. The molecule has 1 N–H and O–H groups in total. The van der Waals surface area contributed by atoms with Crippen LogP contribution in [0.5, 0.6) is 5.75 Å². The smallest absolute Gasteiger partial charge is 0.317 e. The van der Waals surface area contributed by atoms with Gasteiger partial charge in [0.05, 0.1) is 7.11 Å². The number of carbonyl (C=O) groups is 1. The molecule has 0 bridgehead atoms. The molecular weight excluding hydrogens is 240 g/mol. The zero-order valence-electron chi connectivity index (χ0n) is 11.5. The number of urea groups is 1. The molecule has 0 aromatic heterocycles. The van der Waals surface area contributed by atoms with E-state index in [0.717, 1.165) is 37.2 Å². The van der Waals surface area contributed by atoms with Crippen molar-refractivity contribution in [1.82, 2.24) is 10.2 Å². The number of hydrogen-bond acceptors (Lipinski definition) is 2. The Kier molecular flexibility index (Phi) is 5.07. The third-order valence-electron chi connectivity index (χ3n) is 3.52. The Hall–Kier alpha value is -1.71. The molecule has 4 heteroatoms. The largest absolute Gasteiger partial charge is 0.496 e. The van der Waals surface area contributed by atoms with Crippen molar-refractivity contribution in [3.05, 3.63) is 29.8 Å². The van der Waals surface area contributed by atoms with E-state index in [-0.39, 0.29) is 6.03 Å². The minimum Gasteiger partial charge on any atom is -0.496 e. The summed E-state index contributed by atoms with van der Waals surface area (Å²) in [6.45, 7) is 2.26. The Morgan fingerprint density at radius 1 is 1.21 bits per heavy atom. The molecule has 1 saturated heterocycles. The van der Waals surface area contributed by atoms with Crippen LogP contribution in [0.25, 0.3) is 0 Å². The maximum atomic E-state index is 12.1. The maximum absolute atomic E-state index is 12.1. The first-order valence-electron chi connectivity index (χ1n) is 6.96. The van der Waals surface area contributed by atoms with Crippen LogP contribution >= 0.6 is 0 Å². The van der Waals surface area contributed by atoms with Crippen molar-refractivity contribution in [1.29, 1.82) is 0 Å². The fraction of sp³-hybridized carbons (Fsp3) is 0.533. The lowest BCUT2D eigenvalue weighted by molar-refractivity contribution is 0.199. The molecule has 0 spiro atoms. The molecule has 0 saturated carbocycles. The lowest BCUT2D eigenvalue weighted by Gasteiger charge is -2.21. The first kappa shape index (κ1) is 13.7. The van der Waals surface area contributed by atoms with Gasteiger partial charge < -0.3 is 15.0 Å². The number of benzene rings is 1. The van der Waals surface area contributed by atoms with Crippen molar-refractivity contribution >= 4 is 6.03 Å². The highest BCUT2D eigenvalue weighted by molar-refractivity contribution is 5.74. The molecule has 4 nitrogen and oxygen atoms in total. The van der Waals surface area contributed by atoms with Gasteiger partial charge in [0.2, 0.25) is 0 Å². The zero-order chi connectivity index (χ0) is 13.5. The lowest BCUT2D eigenvalue weighted by atomic mass is 10.2. The Morgan fingerprint density at radius 2 is 1.89 bits per heavy atom. The molecule has 0 atom stereocenters. The highest BCUT2D eigenvalue weighted by Gasteiger charge is 2.15. The van der Waals surface area contributed by atoms with Gasteiger partial charge in [0.25, 0.3) is 0 Å². The second-order valence-electron chi connectivity index (χ2n) is 4.87. The van der Waals surface area contributed by atoms with Crippen molar-refractivity contribution in [3.63, 3.8) is 0 Å². The quantitative estimate of drug-likeness (QED) is 0.910. The summed E-state index contributed by atoms with van der Waals surface area (Å²) in [7, 11) is 1.65.